The molecule has 0 saturated heterocycles. The predicted octanol–water partition coefficient (Wildman–Crippen LogP) is 14.6. The van der Waals surface area contributed by atoms with E-state index < -0.39 is 0 Å². The van der Waals surface area contributed by atoms with Gasteiger partial charge in [-0.25, -0.2) is 15.0 Å². The largest absolute Gasteiger partial charge is 0.208 e. The number of fused-ring (bicyclic) bond motifs is 6. The molecular formula is C51H31N3S2. The van der Waals surface area contributed by atoms with Crippen LogP contribution in [0.2, 0.25) is 0 Å². The molecule has 11 aromatic rings. The molecule has 56 heavy (non-hydrogen) atoms. The normalized spacial score (nSPS) is 11.6. The van der Waals surface area contributed by atoms with E-state index in [0.717, 1.165) is 22.3 Å². The molecule has 0 unspecified atom stereocenters. The lowest BCUT2D eigenvalue weighted by atomic mass is 9.95. The maximum absolute atomic E-state index is 5.23. The van der Waals surface area contributed by atoms with Gasteiger partial charge in [0.2, 0.25) is 0 Å². The number of hydrogen-bond acceptors (Lipinski definition) is 5. The van der Waals surface area contributed by atoms with Gasteiger partial charge in [0.05, 0.1) is 0 Å². The van der Waals surface area contributed by atoms with Crippen molar-refractivity contribution < 1.29 is 0 Å². The molecule has 0 N–H and O–H groups in total. The number of benzene rings is 8. The summed E-state index contributed by atoms with van der Waals surface area (Å²) in [7, 11) is 0. The van der Waals surface area contributed by atoms with Crippen molar-refractivity contribution in [2.24, 2.45) is 0 Å². The zero-order valence-electron chi connectivity index (χ0n) is 30.1. The summed E-state index contributed by atoms with van der Waals surface area (Å²) in [6.07, 6.45) is 0. The first-order valence-electron chi connectivity index (χ1n) is 18.7. The minimum atomic E-state index is 0.649. The second-order valence-corrected chi connectivity index (χ2v) is 16.1. The van der Waals surface area contributed by atoms with Crippen LogP contribution < -0.4 is 0 Å². The first kappa shape index (κ1) is 32.6. The Morgan fingerprint density at radius 2 is 0.750 bits per heavy atom. The molecule has 0 spiro atoms. The second-order valence-electron chi connectivity index (χ2n) is 14.0. The summed E-state index contributed by atoms with van der Waals surface area (Å²) in [5.41, 5.74) is 10.1. The van der Waals surface area contributed by atoms with Crippen molar-refractivity contribution >= 4 is 63.0 Å². The molecule has 0 amide bonds. The first-order chi connectivity index (χ1) is 27.7. The van der Waals surface area contributed by atoms with E-state index in [9.17, 15) is 0 Å². The number of hydrogen-bond donors (Lipinski definition) is 0. The van der Waals surface area contributed by atoms with Crippen molar-refractivity contribution in [3.05, 3.63) is 188 Å². The van der Waals surface area contributed by atoms with E-state index in [1.54, 1.807) is 11.3 Å². The van der Waals surface area contributed by atoms with Crippen molar-refractivity contribution in [3.63, 3.8) is 0 Å². The summed E-state index contributed by atoms with van der Waals surface area (Å²) < 4.78 is 5.02. The standard InChI is InChI=1S/C51H31N3S2/c1-3-12-32(13-4-1)33-24-26-34(27-25-33)36-28-29-44-42(31-36)47-39(19-10-22-45(47)56-44)37-16-9-17-38(30-37)50-52-49(35-14-5-2-6-15-35)53-51(54-50)41-20-11-23-46-48(41)40-18-7-8-21-43(40)55-46/h1-31H. The molecule has 0 radical (unpaired) electrons. The van der Waals surface area contributed by atoms with Gasteiger partial charge in [0, 0.05) is 57.0 Å². The third kappa shape index (κ3) is 5.68. The van der Waals surface area contributed by atoms with Gasteiger partial charge in [-0.1, -0.05) is 152 Å². The summed E-state index contributed by atoms with van der Waals surface area (Å²) in [4.78, 5) is 15.5. The quantitative estimate of drug-likeness (QED) is 0.170. The first-order valence-corrected chi connectivity index (χ1v) is 20.3. The van der Waals surface area contributed by atoms with E-state index in [2.05, 4.69) is 170 Å². The number of aromatic nitrogens is 3. The van der Waals surface area contributed by atoms with Crippen LogP contribution in [-0.2, 0) is 0 Å². The minimum absolute atomic E-state index is 0.649. The number of rotatable bonds is 6. The van der Waals surface area contributed by atoms with E-state index >= 15 is 0 Å². The molecule has 0 bridgehead atoms. The summed E-state index contributed by atoms with van der Waals surface area (Å²) >= 11 is 3.65. The Kier molecular flexibility index (Phi) is 7.87. The summed E-state index contributed by atoms with van der Waals surface area (Å²) in [6, 6.07) is 66.9. The van der Waals surface area contributed by atoms with Crippen LogP contribution in [0.15, 0.2) is 188 Å². The van der Waals surface area contributed by atoms with Crippen molar-refractivity contribution in [3.8, 4) is 67.5 Å². The van der Waals surface area contributed by atoms with Gasteiger partial charge in [0.1, 0.15) is 0 Å². The fourth-order valence-electron chi connectivity index (χ4n) is 7.86. The van der Waals surface area contributed by atoms with Crippen LogP contribution in [0.3, 0.4) is 0 Å². The molecule has 0 atom stereocenters. The summed E-state index contributed by atoms with van der Waals surface area (Å²) in [5, 5.41) is 4.93. The van der Waals surface area contributed by atoms with Crippen LogP contribution in [0, 0.1) is 0 Å². The Hall–Kier alpha value is -6.79. The fourth-order valence-corrected chi connectivity index (χ4v) is 10.1. The Morgan fingerprint density at radius 3 is 1.50 bits per heavy atom. The van der Waals surface area contributed by atoms with E-state index in [4.69, 9.17) is 15.0 Å². The van der Waals surface area contributed by atoms with Gasteiger partial charge in [-0.3, -0.25) is 0 Å². The van der Waals surface area contributed by atoms with Crippen molar-refractivity contribution in [2.45, 2.75) is 0 Å². The van der Waals surface area contributed by atoms with Crippen LogP contribution >= 0.6 is 22.7 Å². The summed E-state index contributed by atoms with van der Waals surface area (Å²) in [6.45, 7) is 0. The van der Waals surface area contributed by atoms with Crippen LogP contribution in [0.4, 0.5) is 0 Å². The van der Waals surface area contributed by atoms with Gasteiger partial charge < -0.3 is 0 Å². The monoisotopic (exact) mass is 749 g/mol. The molecule has 5 heteroatoms. The fraction of sp³-hybridized carbons (Fsp3) is 0. The third-order valence-electron chi connectivity index (χ3n) is 10.6. The predicted molar refractivity (Wildman–Crippen MR) is 238 cm³/mol. The van der Waals surface area contributed by atoms with Gasteiger partial charge in [-0.15, -0.1) is 22.7 Å². The molecule has 262 valence electrons. The molecule has 0 aliphatic carbocycles. The van der Waals surface area contributed by atoms with Gasteiger partial charge in [-0.2, -0.15) is 0 Å². The lowest BCUT2D eigenvalue weighted by Gasteiger charge is -2.11. The van der Waals surface area contributed by atoms with E-state index in [0.29, 0.717) is 17.5 Å². The minimum Gasteiger partial charge on any atom is -0.208 e. The maximum atomic E-state index is 5.23. The third-order valence-corrected chi connectivity index (χ3v) is 12.8. The average molecular weight is 750 g/mol. The molecule has 0 aliphatic heterocycles. The Morgan fingerprint density at radius 1 is 0.268 bits per heavy atom. The molecule has 11 rings (SSSR count). The molecule has 3 nitrogen and oxygen atoms in total. The zero-order valence-corrected chi connectivity index (χ0v) is 31.7. The summed E-state index contributed by atoms with van der Waals surface area (Å²) in [5.74, 6) is 1.97. The highest BCUT2D eigenvalue weighted by atomic mass is 32.1. The maximum Gasteiger partial charge on any atom is 0.164 e. The smallest absolute Gasteiger partial charge is 0.164 e. The van der Waals surface area contributed by atoms with E-state index in [1.165, 1.54) is 68.2 Å². The van der Waals surface area contributed by atoms with Crippen molar-refractivity contribution in [2.75, 3.05) is 0 Å². The van der Waals surface area contributed by atoms with Gasteiger partial charge >= 0.3 is 0 Å². The Labute approximate surface area is 331 Å². The van der Waals surface area contributed by atoms with Crippen LogP contribution in [-0.4, -0.2) is 15.0 Å². The Balaban J connectivity index is 1.04. The van der Waals surface area contributed by atoms with Crippen LogP contribution in [0.1, 0.15) is 0 Å². The number of thiophene rings is 2. The molecule has 3 heterocycles. The highest BCUT2D eigenvalue weighted by Crippen LogP contribution is 2.43. The second kappa shape index (κ2) is 13.5. The number of nitrogens with zero attached hydrogens (tertiary/aromatic N) is 3. The van der Waals surface area contributed by atoms with Crippen molar-refractivity contribution in [1.82, 2.24) is 15.0 Å². The molecule has 3 aromatic heterocycles. The highest BCUT2D eigenvalue weighted by molar-refractivity contribution is 7.26. The van der Waals surface area contributed by atoms with Crippen molar-refractivity contribution in [1.29, 1.82) is 0 Å². The zero-order chi connectivity index (χ0) is 37.0. The molecule has 0 saturated carbocycles. The molecule has 0 aliphatic rings. The molecule has 8 aromatic carbocycles. The van der Waals surface area contributed by atoms with Gasteiger partial charge in [0.25, 0.3) is 0 Å². The average Bonchev–Trinajstić information content (AvgIpc) is 3.85. The van der Waals surface area contributed by atoms with Gasteiger partial charge in [-0.05, 0) is 69.8 Å². The highest BCUT2D eigenvalue weighted by Gasteiger charge is 2.18. The SMILES string of the molecule is c1ccc(-c2ccc(-c3ccc4sc5cccc(-c6cccc(-c7nc(-c8ccccc8)nc(-c8cccc9sc%10ccccc%10c89)n7)c6)c5c4c3)cc2)cc1. The molecule has 0 fully saturated rings. The lowest BCUT2D eigenvalue weighted by Crippen LogP contribution is -2.00. The Bertz CT molecular complexity index is 3240. The molecular weight excluding hydrogens is 719 g/mol. The van der Waals surface area contributed by atoms with Gasteiger partial charge in [0.15, 0.2) is 17.5 Å². The van der Waals surface area contributed by atoms with E-state index in [-0.39, 0.29) is 0 Å². The topological polar surface area (TPSA) is 38.7 Å². The van der Waals surface area contributed by atoms with E-state index in [1.807, 2.05) is 29.5 Å². The van der Waals surface area contributed by atoms with Crippen LogP contribution in [0.25, 0.3) is 108 Å². The lowest BCUT2D eigenvalue weighted by molar-refractivity contribution is 1.08. The van der Waals surface area contributed by atoms with Crippen LogP contribution in [0.5, 0.6) is 0 Å².